The number of amides is 2. The molecule has 0 saturated carbocycles. The predicted molar refractivity (Wildman–Crippen MR) is 81.2 cm³/mol. The summed E-state index contributed by atoms with van der Waals surface area (Å²) in [4.78, 5) is 26.1. The highest BCUT2D eigenvalue weighted by atomic mass is 31.2. The van der Waals surface area contributed by atoms with Crippen molar-refractivity contribution in [3.05, 3.63) is 0 Å². The Balaban J connectivity index is 2.85. The van der Waals surface area contributed by atoms with E-state index in [2.05, 4.69) is 0 Å². The number of hydrogen-bond donors (Lipinski definition) is 0. The Hall–Kier alpha value is -0.653. The van der Waals surface area contributed by atoms with Gasteiger partial charge in [0, 0.05) is 26.9 Å². The second-order valence-corrected chi connectivity index (χ2v) is 13.4. The summed E-state index contributed by atoms with van der Waals surface area (Å²) in [6.07, 6.45) is 1.49. The molecule has 1 fully saturated rings. The summed E-state index contributed by atoms with van der Waals surface area (Å²) in [5.74, 6) is -0.132. The highest BCUT2D eigenvalue weighted by molar-refractivity contribution is 7.60. The van der Waals surface area contributed by atoms with Gasteiger partial charge in [-0.25, -0.2) is 0 Å². The molecule has 0 aliphatic carbocycles. The van der Waals surface area contributed by atoms with Crippen LogP contribution in [0.25, 0.3) is 0 Å². The monoisotopic (exact) mass is 320 g/mol. The van der Waals surface area contributed by atoms with Crippen LogP contribution >= 0.6 is 7.37 Å². The average molecular weight is 320 g/mol. The molecule has 1 heterocycles. The third-order valence-corrected chi connectivity index (χ3v) is 8.11. The summed E-state index contributed by atoms with van der Waals surface area (Å²) in [6.45, 7) is 7.93. The first-order valence-electron chi connectivity index (χ1n) is 6.81. The molecule has 0 aromatic carbocycles. The third-order valence-electron chi connectivity index (χ3n) is 2.96. The number of nitrogens with zero attached hydrogens (tertiary/aromatic N) is 2. The van der Waals surface area contributed by atoms with E-state index in [9.17, 15) is 14.2 Å². The summed E-state index contributed by atoms with van der Waals surface area (Å²) in [6, 6.07) is 0. The molecule has 8 heteroatoms. The highest BCUT2D eigenvalue weighted by Gasteiger charge is 2.36. The van der Waals surface area contributed by atoms with Gasteiger partial charge in [-0.15, -0.1) is 0 Å². The molecular weight excluding hydrogens is 295 g/mol. The van der Waals surface area contributed by atoms with Crippen LogP contribution in [0.1, 0.15) is 19.8 Å². The van der Waals surface area contributed by atoms with E-state index in [0.29, 0.717) is 13.0 Å². The first kappa shape index (κ1) is 17.4. The Bertz CT molecular complexity index is 436. The molecular formula is C12H25N2O4PSi. The van der Waals surface area contributed by atoms with E-state index in [-0.39, 0.29) is 24.4 Å². The van der Waals surface area contributed by atoms with E-state index in [1.54, 1.807) is 11.9 Å². The van der Waals surface area contributed by atoms with Gasteiger partial charge in [0.15, 0.2) is 8.32 Å². The fraction of sp³-hybridized carbons (Fsp3) is 0.833. The maximum absolute atomic E-state index is 13.1. The molecule has 6 nitrogen and oxygen atoms in total. The minimum atomic E-state index is -3.07. The molecule has 1 saturated heterocycles. The van der Waals surface area contributed by atoms with Gasteiger partial charge in [-0.3, -0.25) is 14.2 Å². The Kier molecular flexibility index (Phi) is 5.58. The molecule has 116 valence electrons. The van der Waals surface area contributed by atoms with Crippen molar-refractivity contribution in [2.24, 2.45) is 0 Å². The van der Waals surface area contributed by atoms with Crippen LogP contribution in [0.15, 0.2) is 0 Å². The zero-order valence-electron chi connectivity index (χ0n) is 13.0. The van der Waals surface area contributed by atoms with Crippen LogP contribution in [0, 0.1) is 0 Å². The molecule has 1 rings (SSSR count). The van der Waals surface area contributed by atoms with Gasteiger partial charge in [0.05, 0.1) is 12.6 Å². The lowest BCUT2D eigenvalue weighted by atomic mass is 10.4. The van der Waals surface area contributed by atoms with Gasteiger partial charge in [0.1, 0.15) is 0 Å². The average Bonchev–Trinajstić information content (AvgIpc) is 2.60. The molecule has 1 atom stereocenters. The number of hydrogen-bond acceptors (Lipinski definition) is 4. The predicted octanol–water partition coefficient (Wildman–Crippen LogP) is 2.13. The van der Waals surface area contributed by atoms with Gasteiger partial charge >= 0.3 is 0 Å². The molecule has 0 spiro atoms. The van der Waals surface area contributed by atoms with E-state index in [4.69, 9.17) is 4.21 Å². The molecule has 1 unspecified atom stereocenters. The van der Waals surface area contributed by atoms with Crippen molar-refractivity contribution in [3.63, 3.8) is 0 Å². The van der Waals surface area contributed by atoms with Crippen LogP contribution < -0.4 is 0 Å². The Labute approximate surface area is 122 Å². The van der Waals surface area contributed by atoms with Crippen LogP contribution in [0.2, 0.25) is 19.6 Å². The first-order chi connectivity index (χ1) is 9.02. The van der Waals surface area contributed by atoms with Crippen molar-refractivity contribution in [1.29, 1.82) is 0 Å². The second kappa shape index (κ2) is 6.41. The van der Waals surface area contributed by atoms with Gasteiger partial charge in [-0.2, -0.15) is 0 Å². The van der Waals surface area contributed by atoms with Gasteiger partial charge < -0.3 is 14.0 Å². The van der Waals surface area contributed by atoms with E-state index >= 15 is 0 Å². The fourth-order valence-electron chi connectivity index (χ4n) is 2.14. The molecule has 0 radical (unpaired) electrons. The van der Waals surface area contributed by atoms with Crippen LogP contribution in [0.4, 0.5) is 0 Å². The minimum absolute atomic E-state index is 0.0230. The van der Waals surface area contributed by atoms with Crippen molar-refractivity contribution < 1.29 is 18.4 Å². The molecule has 0 aromatic rings. The smallest absolute Gasteiger partial charge is 0.231 e. The SMILES string of the molecule is CC(=O)N(C)CP(=O)(CN1CCCC1=O)O[Si](C)(C)C. The van der Waals surface area contributed by atoms with Crippen molar-refractivity contribution in [2.45, 2.75) is 39.4 Å². The molecule has 0 bridgehead atoms. The molecule has 20 heavy (non-hydrogen) atoms. The quantitative estimate of drug-likeness (QED) is 0.555. The Morgan fingerprint density at radius 1 is 1.45 bits per heavy atom. The topological polar surface area (TPSA) is 66.9 Å². The highest BCUT2D eigenvalue weighted by Crippen LogP contribution is 2.50. The lowest BCUT2D eigenvalue weighted by molar-refractivity contribution is -0.127. The Morgan fingerprint density at radius 2 is 2.05 bits per heavy atom. The van der Waals surface area contributed by atoms with Gasteiger partial charge in [0.25, 0.3) is 0 Å². The van der Waals surface area contributed by atoms with E-state index < -0.39 is 15.7 Å². The normalized spacial score (nSPS) is 19.1. The van der Waals surface area contributed by atoms with Crippen LogP contribution in [-0.2, 0) is 18.4 Å². The van der Waals surface area contributed by atoms with Crippen LogP contribution in [0.3, 0.4) is 0 Å². The lowest BCUT2D eigenvalue weighted by Crippen LogP contribution is -2.35. The van der Waals surface area contributed by atoms with E-state index in [1.165, 1.54) is 11.8 Å². The number of likely N-dealkylation sites (tertiary alicyclic amines) is 1. The second-order valence-electron chi connectivity index (χ2n) is 6.28. The van der Waals surface area contributed by atoms with Crippen LogP contribution in [-0.4, -0.2) is 56.1 Å². The molecule has 1 aliphatic heterocycles. The zero-order chi connectivity index (χ0) is 15.6. The fourth-order valence-corrected chi connectivity index (χ4v) is 8.35. The standard InChI is InChI=1S/C12H25N2O4PSi/c1-11(15)13(2)9-19(17,18-20(3,4)5)10-14-8-6-7-12(14)16/h6-10H2,1-5H3. The van der Waals surface area contributed by atoms with Gasteiger partial charge in [0.2, 0.25) is 19.2 Å². The number of carbonyl (C=O) groups excluding carboxylic acids is 2. The summed E-state index contributed by atoms with van der Waals surface area (Å²) < 4.78 is 18.9. The van der Waals surface area contributed by atoms with Crippen LogP contribution in [0.5, 0.6) is 0 Å². The molecule has 1 aliphatic rings. The van der Waals surface area contributed by atoms with Crippen molar-refractivity contribution >= 4 is 27.5 Å². The lowest BCUT2D eigenvalue weighted by Gasteiger charge is -2.32. The number of rotatable bonds is 6. The largest absolute Gasteiger partial charge is 0.368 e. The summed E-state index contributed by atoms with van der Waals surface area (Å²) in [5, 5.41) is 0. The molecule has 0 N–H and O–H groups in total. The van der Waals surface area contributed by atoms with E-state index in [0.717, 1.165) is 6.42 Å². The zero-order valence-corrected chi connectivity index (χ0v) is 14.9. The van der Waals surface area contributed by atoms with Crippen molar-refractivity contribution in [2.75, 3.05) is 26.2 Å². The number of carbonyl (C=O) groups is 2. The van der Waals surface area contributed by atoms with E-state index in [1.807, 2.05) is 19.6 Å². The first-order valence-corrected chi connectivity index (χ1v) is 12.2. The van der Waals surface area contributed by atoms with Crippen molar-refractivity contribution in [3.8, 4) is 0 Å². The summed E-state index contributed by atoms with van der Waals surface area (Å²) in [7, 11) is -3.49. The third kappa shape index (κ3) is 5.38. The molecule has 0 aromatic heterocycles. The summed E-state index contributed by atoms with van der Waals surface area (Å²) in [5.41, 5.74) is 0. The maximum Gasteiger partial charge on any atom is 0.231 e. The maximum atomic E-state index is 13.1. The minimum Gasteiger partial charge on any atom is -0.368 e. The van der Waals surface area contributed by atoms with Gasteiger partial charge in [-0.05, 0) is 26.1 Å². The van der Waals surface area contributed by atoms with Gasteiger partial charge in [-0.1, -0.05) is 0 Å². The Morgan fingerprint density at radius 3 is 2.45 bits per heavy atom. The van der Waals surface area contributed by atoms with Crippen molar-refractivity contribution in [1.82, 2.24) is 9.80 Å². The molecule has 2 amide bonds. The summed E-state index contributed by atoms with van der Waals surface area (Å²) >= 11 is 0.